The molecule has 0 saturated heterocycles. The molecule has 1 N–H and O–H groups in total. The van der Waals surface area contributed by atoms with Gasteiger partial charge in [-0.2, -0.15) is 0 Å². The highest BCUT2D eigenvalue weighted by molar-refractivity contribution is 5.79. The van der Waals surface area contributed by atoms with Crippen molar-refractivity contribution < 1.29 is 14.3 Å². The summed E-state index contributed by atoms with van der Waals surface area (Å²) in [5, 5.41) is 4.54. The maximum atomic E-state index is 10.7. The predicted octanol–water partition coefficient (Wildman–Crippen LogP) is -0.568. The van der Waals surface area contributed by atoms with Gasteiger partial charge < -0.3 is 10.1 Å². The quantitative estimate of drug-likeness (QED) is 0.565. The molecule has 0 saturated carbocycles. The van der Waals surface area contributed by atoms with Crippen molar-refractivity contribution >= 4 is 11.8 Å². The molecule has 0 aromatic heterocycles. The molecule has 0 rings (SSSR count). The van der Waals surface area contributed by atoms with Crippen LogP contribution >= 0.6 is 0 Å². The highest BCUT2D eigenvalue weighted by Gasteiger charge is 2.03. The maximum absolute atomic E-state index is 10.7. The zero-order valence-electron chi connectivity index (χ0n) is 6.70. The molecule has 0 aliphatic heterocycles. The Labute approximate surface area is 69.2 Å². The number of ether oxygens (including phenoxy) is 1. The van der Waals surface area contributed by atoms with E-state index in [-0.39, 0.29) is 12.5 Å². The van der Waals surface area contributed by atoms with Gasteiger partial charge in [-0.05, 0) is 6.92 Å². The molecule has 6 heteroatoms. The fraction of sp³-hybridized carbons (Fsp3) is 0.667. The molecule has 68 valence electrons. The summed E-state index contributed by atoms with van der Waals surface area (Å²) in [4.78, 5) is 30.4. The number of nitroso groups, excluding NO2 is 1. The van der Waals surface area contributed by atoms with Gasteiger partial charge in [0.1, 0.15) is 13.2 Å². The van der Waals surface area contributed by atoms with Gasteiger partial charge >= 0.3 is 5.91 Å². The Balaban J connectivity index is 3.36. The van der Waals surface area contributed by atoms with Crippen LogP contribution in [0, 0.1) is 4.91 Å². The standard InChI is InChI=1S/C6H10N2O4/c1-2-7-5(9)3-12-4-6(10)8-11/h2-4H2,1H3,(H,7,9). The molecular weight excluding hydrogens is 164 g/mol. The molecule has 0 fully saturated rings. The van der Waals surface area contributed by atoms with Crippen molar-refractivity contribution in [3.63, 3.8) is 0 Å². The summed E-state index contributed by atoms with van der Waals surface area (Å²) in [7, 11) is 0. The summed E-state index contributed by atoms with van der Waals surface area (Å²) < 4.78 is 4.55. The van der Waals surface area contributed by atoms with E-state index >= 15 is 0 Å². The lowest BCUT2D eigenvalue weighted by Gasteiger charge is -2.00. The van der Waals surface area contributed by atoms with Gasteiger partial charge in [-0.25, -0.2) is 0 Å². The Morgan fingerprint density at radius 3 is 2.58 bits per heavy atom. The van der Waals surface area contributed by atoms with Crippen LogP contribution in [0.25, 0.3) is 0 Å². The second-order valence-electron chi connectivity index (χ2n) is 1.93. The number of nitrogens with one attached hydrogen (secondary N) is 1. The van der Waals surface area contributed by atoms with E-state index < -0.39 is 12.5 Å². The van der Waals surface area contributed by atoms with Crippen molar-refractivity contribution in [2.45, 2.75) is 6.92 Å². The first-order valence-corrected chi connectivity index (χ1v) is 3.41. The Morgan fingerprint density at radius 2 is 2.08 bits per heavy atom. The number of hydrogen-bond donors (Lipinski definition) is 1. The van der Waals surface area contributed by atoms with Crippen LogP contribution in [-0.2, 0) is 14.3 Å². The fourth-order valence-electron chi connectivity index (χ4n) is 0.506. The summed E-state index contributed by atoms with van der Waals surface area (Å²) in [5.74, 6) is -1.24. The van der Waals surface area contributed by atoms with Gasteiger partial charge in [0.05, 0.1) is 0 Å². The van der Waals surface area contributed by atoms with Crippen LogP contribution in [0.2, 0.25) is 0 Å². The van der Waals surface area contributed by atoms with Gasteiger partial charge in [-0.1, -0.05) is 0 Å². The fourth-order valence-corrected chi connectivity index (χ4v) is 0.506. The molecule has 0 unspecified atom stereocenters. The highest BCUT2D eigenvalue weighted by atomic mass is 16.5. The molecule has 0 aromatic carbocycles. The molecule has 12 heavy (non-hydrogen) atoms. The summed E-state index contributed by atoms with van der Waals surface area (Å²) in [6.07, 6.45) is 0. The normalized spacial score (nSPS) is 9.08. The van der Waals surface area contributed by atoms with E-state index in [1.54, 1.807) is 6.92 Å². The number of nitrogens with zero attached hydrogens (tertiary/aromatic N) is 1. The smallest absolute Gasteiger partial charge is 0.311 e. The van der Waals surface area contributed by atoms with Gasteiger partial charge in [0.15, 0.2) is 0 Å². The Bertz CT molecular complexity index is 180. The van der Waals surface area contributed by atoms with Crippen molar-refractivity contribution in [3.8, 4) is 0 Å². The summed E-state index contributed by atoms with van der Waals surface area (Å²) >= 11 is 0. The van der Waals surface area contributed by atoms with Crippen LogP contribution in [-0.4, -0.2) is 31.6 Å². The minimum atomic E-state index is -0.917. The zero-order valence-corrected chi connectivity index (χ0v) is 6.70. The van der Waals surface area contributed by atoms with Crippen molar-refractivity contribution in [2.24, 2.45) is 5.18 Å². The lowest BCUT2D eigenvalue weighted by molar-refractivity contribution is -0.129. The third kappa shape index (κ3) is 5.48. The zero-order chi connectivity index (χ0) is 9.40. The Morgan fingerprint density at radius 1 is 1.42 bits per heavy atom. The van der Waals surface area contributed by atoms with E-state index in [9.17, 15) is 14.5 Å². The lowest BCUT2D eigenvalue weighted by atomic mass is 10.6. The Kier molecular flexibility index (Phi) is 5.72. The molecule has 0 atom stereocenters. The predicted molar refractivity (Wildman–Crippen MR) is 40.3 cm³/mol. The molecular formula is C6H10N2O4. The van der Waals surface area contributed by atoms with Crippen LogP contribution in [0.15, 0.2) is 5.18 Å². The molecule has 6 nitrogen and oxygen atoms in total. The average molecular weight is 174 g/mol. The number of carbonyl (C=O) groups is 2. The van der Waals surface area contributed by atoms with E-state index in [0.29, 0.717) is 6.54 Å². The van der Waals surface area contributed by atoms with Crippen LogP contribution < -0.4 is 5.32 Å². The third-order valence-corrected chi connectivity index (χ3v) is 0.934. The average Bonchev–Trinajstić information content (AvgIpc) is 2.04. The second kappa shape index (κ2) is 6.41. The van der Waals surface area contributed by atoms with Crippen LogP contribution in [0.5, 0.6) is 0 Å². The van der Waals surface area contributed by atoms with Gasteiger partial charge in [0, 0.05) is 11.7 Å². The molecule has 0 spiro atoms. The van der Waals surface area contributed by atoms with E-state index in [1.165, 1.54) is 0 Å². The molecule has 2 amide bonds. The van der Waals surface area contributed by atoms with E-state index in [0.717, 1.165) is 0 Å². The third-order valence-electron chi connectivity index (χ3n) is 0.934. The van der Waals surface area contributed by atoms with Crippen molar-refractivity contribution in [1.29, 1.82) is 0 Å². The van der Waals surface area contributed by atoms with Crippen molar-refractivity contribution in [1.82, 2.24) is 5.32 Å². The van der Waals surface area contributed by atoms with Crippen LogP contribution in [0.1, 0.15) is 6.92 Å². The lowest BCUT2D eigenvalue weighted by Crippen LogP contribution is -2.27. The minimum absolute atomic E-state index is 0.227. The SMILES string of the molecule is CCNC(=O)COCC(=O)N=O. The van der Waals surface area contributed by atoms with Crippen molar-refractivity contribution in [2.75, 3.05) is 19.8 Å². The first-order valence-electron chi connectivity index (χ1n) is 3.41. The molecule has 0 bridgehead atoms. The van der Waals surface area contributed by atoms with E-state index in [4.69, 9.17) is 0 Å². The van der Waals surface area contributed by atoms with Crippen LogP contribution in [0.3, 0.4) is 0 Å². The van der Waals surface area contributed by atoms with Gasteiger partial charge in [-0.15, -0.1) is 4.91 Å². The second-order valence-corrected chi connectivity index (χ2v) is 1.93. The van der Waals surface area contributed by atoms with Gasteiger partial charge in [0.25, 0.3) is 0 Å². The number of likely N-dealkylation sites (N-methyl/N-ethyl adjacent to an activating group) is 1. The number of hydrogen-bond acceptors (Lipinski definition) is 4. The largest absolute Gasteiger partial charge is 0.362 e. The summed E-state index contributed by atoms with van der Waals surface area (Å²) in [5.41, 5.74) is 0. The number of amides is 2. The van der Waals surface area contributed by atoms with Crippen LogP contribution in [0.4, 0.5) is 0 Å². The van der Waals surface area contributed by atoms with E-state index in [2.05, 4.69) is 15.2 Å². The summed E-state index contributed by atoms with van der Waals surface area (Å²) in [6.45, 7) is 1.59. The highest BCUT2D eigenvalue weighted by Crippen LogP contribution is 1.78. The number of carbonyl (C=O) groups excluding carboxylic acids is 2. The first-order chi connectivity index (χ1) is 5.70. The summed E-state index contributed by atoms with van der Waals surface area (Å²) in [6, 6.07) is 0. The molecule has 0 aromatic rings. The Hall–Kier alpha value is -1.30. The number of rotatable bonds is 5. The topological polar surface area (TPSA) is 84.8 Å². The van der Waals surface area contributed by atoms with E-state index in [1.807, 2.05) is 0 Å². The minimum Gasteiger partial charge on any atom is -0.362 e. The first kappa shape index (κ1) is 10.7. The van der Waals surface area contributed by atoms with Gasteiger partial charge in [-0.3, -0.25) is 9.59 Å². The monoisotopic (exact) mass is 174 g/mol. The molecule has 0 radical (unpaired) electrons. The molecule has 0 aliphatic carbocycles. The maximum Gasteiger partial charge on any atom is 0.311 e. The molecule has 0 heterocycles. The van der Waals surface area contributed by atoms with Gasteiger partial charge in [0.2, 0.25) is 5.91 Å². The van der Waals surface area contributed by atoms with Crippen molar-refractivity contribution in [3.05, 3.63) is 4.91 Å². The molecule has 0 aliphatic rings.